The van der Waals surface area contributed by atoms with Gasteiger partial charge in [-0.2, -0.15) is 0 Å². The fraction of sp³-hybridized carbons (Fsp3) is 0.500. The van der Waals surface area contributed by atoms with Crippen LogP contribution in [-0.2, 0) is 6.54 Å². The number of nitrogens with zero attached hydrogens (tertiary/aromatic N) is 1. The molecule has 4 nitrogen and oxygen atoms in total. The van der Waals surface area contributed by atoms with Gasteiger partial charge in [0.2, 0.25) is 0 Å². The van der Waals surface area contributed by atoms with Crippen molar-refractivity contribution in [3.8, 4) is 11.5 Å². The van der Waals surface area contributed by atoms with Crippen molar-refractivity contribution in [2.24, 2.45) is 0 Å². The highest BCUT2D eigenvalue weighted by Crippen LogP contribution is 2.28. The lowest BCUT2D eigenvalue weighted by atomic mass is 10.2. The Hall–Kier alpha value is -1.49. The third-order valence-electron chi connectivity index (χ3n) is 2.62. The maximum atomic E-state index is 5.50. The van der Waals surface area contributed by atoms with Gasteiger partial charge < -0.3 is 19.7 Å². The maximum Gasteiger partial charge on any atom is 0.168 e. The largest absolute Gasteiger partial charge is 0.493 e. The van der Waals surface area contributed by atoms with Gasteiger partial charge in [-0.3, -0.25) is 0 Å². The molecule has 0 aliphatic heterocycles. The highest BCUT2D eigenvalue weighted by molar-refractivity contribution is 7.80. The van der Waals surface area contributed by atoms with Crippen LogP contribution in [0.4, 0.5) is 0 Å². The molecule has 0 bridgehead atoms. The number of thiocarbonyl (C=S) groups is 1. The first kappa shape index (κ1) is 15.6. The summed E-state index contributed by atoms with van der Waals surface area (Å²) >= 11 is 5.26. The van der Waals surface area contributed by atoms with Crippen LogP contribution >= 0.6 is 12.2 Å². The van der Waals surface area contributed by atoms with Crippen LogP contribution < -0.4 is 14.8 Å². The molecule has 0 fully saturated rings. The van der Waals surface area contributed by atoms with Gasteiger partial charge in [0.1, 0.15) is 0 Å². The van der Waals surface area contributed by atoms with Crippen molar-refractivity contribution in [3.63, 3.8) is 0 Å². The second kappa shape index (κ2) is 7.84. The van der Waals surface area contributed by atoms with Crippen molar-refractivity contribution >= 4 is 17.3 Å². The molecule has 5 heteroatoms. The van der Waals surface area contributed by atoms with E-state index in [0.717, 1.165) is 35.3 Å². The van der Waals surface area contributed by atoms with E-state index in [2.05, 4.69) is 5.32 Å². The van der Waals surface area contributed by atoms with Crippen molar-refractivity contribution in [3.05, 3.63) is 23.8 Å². The lowest BCUT2D eigenvalue weighted by Gasteiger charge is -2.21. The predicted molar refractivity (Wildman–Crippen MR) is 81.9 cm³/mol. The molecule has 0 heterocycles. The van der Waals surface area contributed by atoms with Crippen LogP contribution in [0.25, 0.3) is 0 Å². The van der Waals surface area contributed by atoms with Gasteiger partial charge >= 0.3 is 0 Å². The van der Waals surface area contributed by atoms with E-state index in [1.807, 2.05) is 44.0 Å². The van der Waals surface area contributed by atoms with Crippen LogP contribution in [-0.4, -0.2) is 37.3 Å². The summed E-state index contributed by atoms with van der Waals surface area (Å²) in [6, 6.07) is 5.94. The van der Waals surface area contributed by atoms with Gasteiger partial charge in [-0.25, -0.2) is 0 Å². The van der Waals surface area contributed by atoms with E-state index in [4.69, 9.17) is 21.7 Å². The van der Waals surface area contributed by atoms with Crippen LogP contribution in [0.5, 0.6) is 11.5 Å². The number of rotatable bonds is 6. The molecule has 0 aliphatic rings. The first-order chi connectivity index (χ1) is 9.12. The van der Waals surface area contributed by atoms with Crippen LogP contribution in [0.15, 0.2) is 18.2 Å². The van der Waals surface area contributed by atoms with Crippen molar-refractivity contribution < 1.29 is 9.47 Å². The summed E-state index contributed by atoms with van der Waals surface area (Å²) in [5.74, 6) is 1.52. The number of ether oxygens (including phenoxy) is 2. The second-order valence-corrected chi connectivity index (χ2v) is 4.50. The fourth-order valence-electron chi connectivity index (χ4n) is 1.72. The zero-order chi connectivity index (χ0) is 14.3. The number of methoxy groups -OCH3 is 1. The maximum absolute atomic E-state index is 5.50. The molecule has 19 heavy (non-hydrogen) atoms. The number of benzene rings is 1. The monoisotopic (exact) mass is 282 g/mol. The van der Waals surface area contributed by atoms with Gasteiger partial charge in [-0.05, 0) is 43.8 Å². The van der Waals surface area contributed by atoms with Gasteiger partial charge in [0.15, 0.2) is 16.6 Å². The first-order valence-corrected chi connectivity index (χ1v) is 6.81. The van der Waals surface area contributed by atoms with E-state index < -0.39 is 0 Å². The standard InChI is InChI=1S/C14H22N2O2S/c1-5-15-14(19)16(3)10-11-7-8-12(18-6-2)13(9-11)17-4/h7-9H,5-6,10H2,1-4H3,(H,15,19). The SMILES string of the molecule is CCNC(=S)N(C)Cc1ccc(OCC)c(OC)c1. The Kier molecular flexibility index (Phi) is 6.42. The Labute approximate surface area is 120 Å². The summed E-state index contributed by atoms with van der Waals surface area (Å²) in [5.41, 5.74) is 1.13. The first-order valence-electron chi connectivity index (χ1n) is 6.41. The van der Waals surface area contributed by atoms with Crippen LogP contribution in [0.3, 0.4) is 0 Å². The molecule has 106 valence electrons. The molecule has 0 unspecified atom stereocenters. The number of hydrogen-bond donors (Lipinski definition) is 1. The molecule has 1 aromatic carbocycles. The van der Waals surface area contributed by atoms with Gasteiger partial charge in [-0.1, -0.05) is 6.07 Å². The third kappa shape index (κ3) is 4.59. The Morgan fingerprint density at radius 1 is 1.32 bits per heavy atom. The van der Waals surface area contributed by atoms with Crippen LogP contribution in [0.1, 0.15) is 19.4 Å². The minimum atomic E-state index is 0.625. The molecule has 0 aromatic heterocycles. The lowest BCUT2D eigenvalue weighted by molar-refractivity contribution is 0.310. The summed E-state index contributed by atoms with van der Waals surface area (Å²) in [5, 5.41) is 3.87. The smallest absolute Gasteiger partial charge is 0.168 e. The summed E-state index contributed by atoms with van der Waals surface area (Å²) in [6.45, 7) is 6.17. The van der Waals surface area contributed by atoms with Gasteiger partial charge in [0.25, 0.3) is 0 Å². The van der Waals surface area contributed by atoms with Gasteiger partial charge in [0, 0.05) is 20.1 Å². The highest BCUT2D eigenvalue weighted by atomic mass is 32.1. The molecule has 0 aliphatic carbocycles. The molecular formula is C14H22N2O2S. The Balaban J connectivity index is 2.76. The normalized spacial score (nSPS) is 9.89. The Morgan fingerprint density at radius 2 is 2.05 bits per heavy atom. The minimum absolute atomic E-state index is 0.625. The zero-order valence-corrected chi connectivity index (χ0v) is 12.8. The average molecular weight is 282 g/mol. The average Bonchev–Trinajstić information content (AvgIpc) is 2.41. The van der Waals surface area contributed by atoms with E-state index in [9.17, 15) is 0 Å². The molecule has 1 rings (SSSR count). The van der Waals surface area contributed by atoms with Crippen molar-refractivity contribution in [1.82, 2.24) is 10.2 Å². The second-order valence-electron chi connectivity index (χ2n) is 4.11. The molecule has 1 N–H and O–H groups in total. The van der Waals surface area contributed by atoms with Crippen molar-refractivity contribution in [1.29, 1.82) is 0 Å². The van der Waals surface area contributed by atoms with Crippen LogP contribution in [0.2, 0.25) is 0 Å². The van der Waals surface area contributed by atoms with E-state index in [1.165, 1.54) is 0 Å². The number of hydrogen-bond acceptors (Lipinski definition) is 3. The molecule has 0 radical (unpaired) electrons. The molecule has 1 aromatic rings. The summed E-state index contributed by atoms with van der Waals surface area (Å²) < 4.78 is 10.8. The molecule has 0 saturated carbocycles. The number of nitrogens with one attached hydrogen (secondary N) is 1. The van der Waals surface area contributed by atoms with E-state index in [-0.39, 0.29) is 0 Å². The van der Waals surface area contributed by atoms with E-state index in [0.29, 0.717) is 6.61 Å². The predicted octanol–water partition coefficient (Wildman–Crippen LogP) is 2.42. The molecule has 0 saturated heterocycles. The molecule has 0 spiro atoms. The zero-order valence-electron chi connectivity index (χ0n) is 12.0. The van der Waals surface area contributed by atoms with Crippen molar-refractivity contribution in [2.75, 3.05) is 27.3 Å². The Bertz CT molecular complexity index is 424. The van der Waals surface area contributed by atoms with E-state index >= 15 is 0 Å². The summed E-state index contributed by atoms with van der Waals surface area (Å²) in [6.07, 6.45) is 0. The topological polar surface area (TPSA) is 33.7 Å². The fourth-order valence-corrected chi connectivity index (χ4v) is 1.93. The van der Waals surface area contributed by atoms with Gasteiger partial charge in [0.05, 0.1) is 13.7 Å². The van der Waals surface area contributed by atoms with Gasteiger partial charge in [-0.15, -0.1) is 0 Å². The summed E-state index contributed by atoms with van der Waals surface area (Å²) in [4.78, 5) is 1.99. The minimum Gasteiger partial charge on any atom is -0.493 e. The Morgan fingerprint density at radius 3 is 2.63 bits per heavy atom. The molecular weight excluding hydrogens is 260 g/mol. The lowest BCUT2D eigenvalue weighted by Crippen LogP contribution is -2.36. The van der Waals surface area contributed by atoms with Crippen molar-refractivity contribution in [2.45, 2.75) is 20.4 Å². The van der Waals surface area contributed by atoms with E-state index in [1.54, 1.807) is 7.11 Å². The molecule has 0 amide bonds. The van der Waals surface area contributed by atoms with Crippen LogP contribution in [0, 0.1) is 0 Å². The highest BCUT2D eigenvalue weighted by Gasteiger charge is 2.08. The summed E-state index contributed by atoms with van der Waals surface area (Å²) in [7, 11) is 3.61. The quantitative estimate of drug-likeness (QED) is 0.810. The third-order valence-corrected chi connectivity index (χ3v) is 3.08. The molecule has 0 atom stereocenters.